The second-order valence-electron chi connectivity index (χ2n) is 4.75. The highest BCUT2D eigenvalue weighted by Crippen LogP contribution is 2.25. The minimum Gasteiger partial charge on any atom is -0.383 e. The summed E-state index contributed by atoms with van der Waals surface area (Å²) in [5.41, 5.74) is 6.66. The van der Waals surface area contributed by atoms with Crippen molar-refractivity contribution in [3.05, 3.63) is 11.9 Å². The standard InChI is InChI=1S/C12H21N5O/c1-7(2)10-11(13)15-6-16-12(10)14-5-9(18)17-8(3)4/h6-8H,5H2,1-4H3,(H,17,18)(H3,13,14,15,16). The molecule has 1 aromatic heterocycles. The SMILES string of the molecule is CC(C)NC(=O)CNc1ncnc(N)c1C(C)C. The van der Waals surface area contributed by atoms with Gasteiger partial charge in [-0.3, -0.25) is 4.79 Å². The molecule has 0 aromatic carbocycles. The van der Waals surface area contributed by atoms with Crippen molar-refractivity contribution >= 4 is 17.5 Å². The second-order valence-corrected chi connectivity index (χ2v) is 4.75. The first-order chi connectivity index (χ1) is 8.41. The molecule has 0 bridgehead atoms. The zero-order valence-electron chi connectivity index (χ0n) is 11.3. The number of carbonyl (C=O) groups is 1. The number of aromatic nitrogens is 2. The molecule has 0 atom stereocenters. The van der Waals surface area contributed by atoms with E-state index >= 15 is 0 Å². The van der Waals surface area contributed by atoms with Crippen LogP contribution < -0.4 is 16.4 Å². The van der Waals surface area contributed by atoms with Gasteiger partial charge in [0.2, 0.25) is 5.91 Å². The van der Waals surface area contributed by atoms with Crippen LogP contribution in [0.15, 0.2) is 6.33 Å². The highest BCUT2D eigenvalue weighted by Gasteiger charge is 2.13. The fourth-order valence-corrected chi connectivity index (χ4v) is 1.66. The quantitative estimate of drug-likeness (QED) is 0.729. The minimum atomic E-state index is -0.0723. The van der Waals surface area contributed by atoms with E-state index in [0.717, 1.165) is 5.56 Å². The maximum Gasteiger partial charge on any atom is 0.239 e. The summed E-state index contributed by atoms with van der Waals surface area (Å²) < 4.78 is 0. The fraction of sp³-hybridized carbons (Fsp3) is 0.583. The first kappa shape index (κ1) is 14.2. The molecule has 1 heterocycles. The molecule has 6 heteroatoms. The number of carbonyl (C=O) groups excluding carboxylic acids is 1. The van der Waals surface area contributed by atoms with Gasteiger partial charge >= 0.3 is 0 Å². The molecule has 1 amide bonds. The molecule has 0 saturated carbocycles. The summed E-state index contributed by atoms with van der Waals surface area (Å²) in [7, 11) is 0. The minimum absolute atomic E-state index is 0.0723. The van der Waals surface area contributed by atoms with Crippen molar-refractivity contribution in [3.63, 3.8) is 0 Å². The van der Waals surface area contributed by atoms with E-state index in [4.69, 9.17) is 5.73 Å². The molecule has 0 fully saturated rings. The van der Waals surface area contributed by atoms with Crippen LogP contribution in [-0.2, 0) is 4.79 Å². The van der Waals surface area contributed by atoms with Crippen molar-refractivity contribution in [3.8, 4) is 0 Å². The Balaban J connectivity index is 2.73. The van der Waals surface area contributed by atoms with Gasteiger partial charge in [0.05, 0.1) is 6.54 Å². The summed E-state index contributed by atoms with van der Waals surface area (Å²) in [5, 5.41) is 5.80. The number of amides is 1. The van der Waals surface area contributed by atoms with Crippen molar-refractivity contribution in [2.75, 3.05) is 17.6 Å². The van der Waals surface area contributed by atoms with Crippen LogP contribution in [0.3, 0.4) is 0 Å². The maximum absolute atomic E-state index is 11.5. The van der Waals surface area contributed by atoms with Gasteiger partial charge in [-0.2, -0.15) is 0 Å². The molecular weight excluding hydrogens is 230 g/mol. The van der Waals surface area contributed by atoms with Gasteiger partial charge in [0, 0.05) is 11.6 Å². The van der Waals surface area contributed by atoms with Crippen molar-refractivity contribution in [1.82, 2.24) is 15.3 Å². The van der Waals surface area contributed by atoms with Crippen molar-refractivity contribution in [1.29, 1.82) is 0 Å². The van der Waals surface area contributed by atoms with Crippen LogP contribution in [0.1, 0.15) is 39.2 Å². The van der Waals surface area contributed by atoms with E-state index in [1.165, 1.54) is 6.33 Å². The molecule has 4 N–H and O–H groups in total. The van der Waals surface area contributed by atoms with Gasteiger partial charge in [-0.25, -0.2) is 9.97 Å². The molecule has 1 aromatic rings. The van der Waals surface area contributed by atoms with E-state index in [0.29, 0.717) is 11.6 Å². The number of hydrogen-bond acceptors (Lipinski definition) is 5. The number of nitrogens with two attached hydrogens (primary N) is 1. The molecule has 6 nitrogen and oxygen atoms in total. The lowest BCUT2D eigenvalue weighted by Gasteiger charge is -2.15. The average molecular weight is 251 g/mol. The van der Waals surface area contributed by atoms with Crippen LogP contribution in [0.25, 0.3) is 0 Å². The predicted octanol–water partition coefficient (Wildman–Crippen LogP) is 1.12. The predicted molar refractivity (Wildman–Crippen MR) is 72.3 cm³/mol. The van der Waals surface area contributed by atoms with Gasteiger partial charge in [0.15, 0.2) is 0 Å². The van der Waals surface area contributed by atoms with Gasteiger partial charge in [0.25, 0.3) is 0 Å². The molecule has 18 heavy (non-hydrogen) atoms. The summed E-state index contributed by atoms with van der Waals surface area (Å²) in [6.07, 6.45) is 1.39. The Kier molecular flexibility index (Phi) is 4.88. The highest BCUT2D eigenvalue weighted by molar-refractivity contribution is 5.81. The third kappa shape index (κ3) is 3.87. The highest BCUT2D eigenvalue weighted by atomic mass is 16.1. The fourth-order valence-electron chi connectivity index (χ4n) is 1.66. The third-order valence-electron chi connectivity index (χ3n) is 2.36. The van der Waals surface area contributed by atoms with Crippen LogP contribution in [0.2, 0.25) is 0 Å². The lowest BCUT2D eigenvalue weighted by atomic mass is 10.0. The zero-order chi connectivity index (χ0) is 13.7. The molecule has 0 aliphatic heterocycles. The van der Waals surface area contributed by atoms with Gasteiger partial charge in [0.1, 0.15) is 18.0 Å². The van der Waals surface area contributed by atoms with Crippen molar-refractivity contribution < 1.29 is 4.79 Å². The van der Waals surface area contributed by atoms with E-state index in [1.807, 2.05) is 27.7 Å². The zero-order valence-corrected chi connectivity index (χ0v) is 11.3. The number of nitrogens with one attached hydrogen (secondary N) is 2. The Labute approximate surface area is 107 Å². The maximum atomic E-state index is 11.5. The molecular formula is C12H21N5O. The molecule has 0 unspecified atom stereocenters. The molecule has 0 aliphatic rings. The number of nitrogens with zero attached hydrogens (tertiary/aromatic N) is 2. The Hall–Kier alpha value is -1.85. The van der Waals surface area contributed by atoms with E-state index < -0.39 is 0 Å². The van der Waals surface area contributed by atoms with Crippen LogP contribution in [0, 0.1) is 0 Å². The number of rotatable bonds is 5. The second kappa shape index (κ2) is 6.18. The molecule has 100 valence electrons. The van der Waals surface area contributed by atoms with Gasteiger partial charge in [-0.15, -0.1) is 0 Å². The number of nitrogen functional groups attached to an aromatic ring is 1. The van der Waals surface area contributed by atoms with E-state index in [1.54, 1.807) is 0 Å². The number of anilines is 2. The smallest absolute Gasteiger partial charge is 0.239 e. The summed E-state index contributed by atoms with van der Waals surface area (Å²) in [6, 6.07) is 0.124. The third-order valence-corrected chi connectivity index (χ3v) is 2.36. The molecule has 0 saturated heterocycles. The monoisotopic (exact) mass is 251 g/mol. The molecule has 0 radical (unpaired) electrons. The van der Waals surface area contributed by atoms with Crippen LogP contribution in [0.5, 0.6) is 0 Å². The van der Waals surface area contributed by atoms with Crippen molar-refractivity contribution in [2.45, 2.75) is 39.7 Å². The van der Waals surface area contributed by atoms with Gasteiger partial charge in [-0.05, 0) is 19.8 Å². The number of hydrogen-bond donors (Lipinski definition) is 3. The van der Waals surface area contributed by atoms with E-state index in [9.17, 15) is 4.79 Å². The summed E-state index contributed by atoms with van der Waals surface area (Å²) in [4.78, 5) is 19.6. The first-order valence-corrected chi connectivity index (χ1v) is 6.05. The Morgan fingerprint density at radius 3 is 2.56 bits per heavy atom. The average Bonchev–Trinajstić information content (AvgIpc) is 2.24. The van der Waals surface area contributed by atoms with Gasteiger partial charge in [-0.1, -0.05) is 13.8 Å². The van der Waals surface area contributed by atoms with E-state index in [2.05, 4.69) is 20.6 Å². The first-order valence-electron chi connectivity index (χ1n) is 6.05. The lowest BCUT2D eigenvalue weighted by molar-refractivity contribution is -0.119. The molecule has 0 aliphatic carbocycles. The summed E-state index contributed by atoms with van der Waals surface area (Å²) in [5.74, 6) is 1.20. The largest absolute Gasteiger partial charge is 0.383 e. The van der Waals surface area contributed by atoms with Crippen LogP contribution >= 0.6 is 0 Å². The normalized spacial score (nSPS) is 10.8. The van der Waals surface area contributed by atoms with Crippen LogP contribution in [-0.4, -0.2) is 28.5 Å². The Bertz CT molecular complexity index is 417. The lowest BCUT2D eigenvalue weighted by Crippen LogP contribution is -2.35. The molecule has 1 rings (SSSR count). The molecule has 0 spiro atoms. The van der Waals surface area contributed by atoms with E-state index in [-0.39, 0.29) is 24.4 Å². The van der Waals surface area contributed by atoms with Gasteiger partial charge < -0.3 is 16.4 Å². The summed E-state index contributed by atoms with van der Waals surface area (Å²) in [6.45, 7) is 8.03. The Morgan fingerprint density at radius 2 is 2.00 bits per heavy atom. The Morgan fingerprint density at radius 1 is 1.33 bits per heavy atom. The van der Waals surface area contributed by atoms with Crippen molar-refractivity contribution in [2.24, 2.45) is 0 Å². The summed E-state index contributed by atoms with van der Waals surface area (Å²) >= 11 is 0. The topological polar surface area (TPSA) is 92.9 Å². The van der Waals surface area contributed by atoms with Crippen LogP contribution in [0.4, 0.5) is 11.6 Å².